The van der Waals surface area contributed by atoms with Gasteiger partial charge in [-0.3, -0.25) is 4.68 Å². The van der Waals surface area contributed by atoms with E-state index in [-0.39, 0.29) is 6.10 Å². The number of aliphatic hydroxyl groups excluding tert-OH is 1. The number of nitrogens with zero attached hydrogens (tertiary/aromatic N) is 2. The molecule has 3 aliphatic carbocycles. The van der Waals surface area contributed by atoms with E-state index in [1.165, 1.54) is 19.3 Å². The predicted molar refractivity (Wildman–Crippen MR) is 76.7 cm³/mol. The second-order valence-corrected chi connectivity index (χ2v) is 7.60. The zero-order valence-corrected chi connectivity index (χ0v) is 13.1. The quantitative estimate of drug-likeness (QED) is 0.928. The molecule has 0 amide bonds. The second kappa shape index (κ2) is 4.08. The number of aryl methyl sites for hydroxylation is 2. The van der Waals surface area contributed by atoms with E-state index in [1.807, 2.05) is 18.7 Å². The molecule has 3 nitrogen and oxygen atoms in total. The van der Waals surface area contributed by atoms with Gasteiger partial charge in [0.25, 0.3) is 0 Å². The molecule has 5 atom stereocenters. The highest BCUT2D eigenvalue weighted by molar-refractivity contribution is 9.10. The van der Waals surface area contributed by atoms with Gasteiger partial charge in [-0.15, -0.1) is 0 Å². The van der Waals surface area contributed by atoms with E-state index in [0.29, 0.717) is 5.92 Å². The molecular weight excluding hydrogens is 304 g/mol. The van der Waals surface area contributed by atoms with Crippen molar-refractivity contribution in [2.45, 2.75) is 38.7 Å². The molecule has 0 radical (unpaired) electrons. The summed E-state index contributed by atoms with van der Waals surface area (Å²) in [6.45, 7) is 2.01. The molecule has 0 saturated heterocycles. The summed E-state index contributed by atoms with van der Waals surface area (Å²) in [5, 5.41) is 15.0. The van der Waals surface area contributed by atoms with E-state index in [0.717, 1.165) is 46.0 Å². The Kier molecular flexibility index (Phi) is 2.66. The fourth-order valence-corrected chi connectivity index (χ4v) is 5.64. The second-order valence-electron chi connectivity index (χ2n) is 6.81. The van der Waals surface area contributed by atoms with Crippen LogP contribution in [0.5, 0.6) is 0 Å². The molecule has 3 aliphatic rings. The first kappa shape index (κ1) is 12.4. The number of hydrogen-bond donors (Lipinski definition) is 1. The summed E-state index contributed by atoms with van der Waals surface area (Å²) in [7, 11) is 1.97. The third-order valence-corrected chi connectivity index (χ3v) is 6.93. The van der Waals surface area contributed by atoms with Crippen LogP contribution in [-0.4, -0.2) is 21.0 Å². The van der Waals surface area contributed by atoms with E-state index < -0.39 is 0 Å². The number of halogens is 1. The maximum absolute atomic E-state index is 10.6. The monoisotopic (exact) mass is 324 g/mol. The topological polar surface area (TPSA) is 38.0 Å². The van der Waals surface area contributed by atoms with Crippen molar-refractivity contribution in [3.8, 4) is 0 Å². The van der Waals surface area contributed by atoms with Gasteiger partial charge in [-0.1, -0.05) is 0 Å². The minimum Gasteiger partial charge on any atom is -0.392 e. The SMILES string of the molecule is Cc1nn(C)c(CC(O)C2C3C4CCC(C4)C23)c1Br. The average Bonchev–Trinajstić information content (AvgIpc) is 2.70. The molecule has 0 aliphatic heterocycles. The van der Waals surface area contributed by atoms with Gasteiger partial charge in [0.1, 0.15) is 0 Å². The molecule has 3 saturated carbocycles. The van der Waals surface area contributed by atoms with Gasteiger partial charge in [-0.2, -0.15) is 5.10 Å². The zero-order chi connectivity index (χ0) is 13.3. The standard InChI is InChI=1S/C15H21BrN2O/c1-7-15(16)10(18(2)17-7)6-11(19)14-12-8-3-4-9(5-8)13(12)14/h8-9,11-14,19H,3-6H2,1-2H3. The summed E-state index contributed by atoms with van der Waals surface area (Å²) in [5.41, 5.74) is 2.16. The molecule has 4 heteroatoms. The number of rotatable bonds is 3. The Bertz CT molecular complexity index is 510. The summed E-state index contributed by atoms with van der Waals surface area (Å²) in [6, 6.07) is 0. The van der Waals surface area contributed by atoms with Gasteiger partial charge in [0.15, 0.2) is 0 Å². The molecule has 5 unspecified atom stereocenters. The number of hydrogen-bond acceptors (Lipinski definition) is 2. The summed E-state index contributed by atoms with van der Waals surface area (Å²) in [6.07, 6.45) is 4.86. The molecule has 1 aromatic heterocycles. The number of aromatic nitrogens is 2. The van der Waals surface area contributed by atoms with Crippen molar-refractivity contribution >= 4 is 15.9 Å². The smallest absolute Gasteiger partial charge is 0.0738 e. The minimum absolute atomic E-state index is 0.176. The van der Waals surface area contributed by atoms with Crippen molar-refractivity contribution in [3.05, 3.63) is 15.9 Å². The molecule has 0 spiro atoms. The van der Waals surface area contributed by atoms with Crippen LogP contribution in [-0.2, 0) is 13.5 Å². The van der Waals surface area contributed by atoms with Crippen LogP contribution in [0.15, 0.2) is 4.47 Å². The Balaban J connectivity index is 1.50. The lowest BCUT2D eigenvalue weighted by Gasteiger charge is -2.15. The van der Waals surface area contributed by atoms with E-state index in [9.17, 15) is 5.11 Å². The van der Waals surface area contributed by atoms with E-state index in [2.05, 4.69) is 21.0 Å². The van der Waals surface area contributed by atoms with Gasteiger partial charge in [0.2, 0.25) is 0 Å². The third-order valence-electron chi connectivity index (χ3n) is 5.90. The fraction of sp³-hybridized carbons (Fsp3) is 0.800. The lowest BCUT2D eigenvalue weighted by molar-refractivity contribution is 0.126. The first-order valence-electron chi connectivity index (χ1n) is 7.44. The van der Waals surface area contributed by atoms with Crippen molar-refractivity contribution in [2.75, 3.05) is 0 Å². The normalized spacial score (nSPS) is 40.5. The van der Waals surface area contributed by atoms with Crippen LogP contribution in [0, 0.1) is 36.5 Å². The van der Waals surface area contributed by atoms with E-state index in [1.54, 1.807) is 0 Å². The summed E-state index contributed by atoms with van der Waals surface area (Å²) in [4.78, 5) is 0. The molecule has 0 aromatic carbocycles. The molecule has 4 rings (SSSR count). The van der Waals surface area contributed by atoms with Crippen molar-refractivity contribution in [1.29, 1.82) is 0 Å². The summed E-state index contributed by atoms with van der Waals surface area (Å²) < 4.78 is 2.98. The molecule has 3 fully saturated rings. The molecule has 1 N–H and O–H groups in total. The number of aliphatic hydroxyl groups is 1. The Labute approximate surface area is 122 Å². The maximum Gasteiger partial charge on any atom is 0.0738 e. The van der Waals surface area contributed by atoms with Gasteiger partial charge in [0.05, 0.1) is 22.0 Å². The van der Waals surface area contributed by atoms with Gasteiger partial charge in [0, 0.05) is 13.5 Å². The first-order chi connectivity index (χ1) is 9.08. The van der Waals surface area contributed by atoms with Crippen molar-refractivity contribution in [1.82, 2.24) is 9.78 Å². The van der Waals surface area contributed by atoms with Crippen LogP contribution < -0.4 is 0 Å². The largest absolute Gasteiger partial charge is 0.392 e. The Morgan fingerprint density at radius 3 is 2.53 bits per heavy atom. The summed E-state index contributed by atoms with van der Waals surface area (Å²) in [5.74, 6) is 4.15. The highest BCUT2D eigenvalue weighted by atomic mass is 79.9. The molecule has 19 heavy (non-hydrogen) atoms. The van der Waals surface area contributed by atoms with E-state index >= 15 is 0 Å². The Morgan fingerprint density at radius 2 is 2.00 bits per heavy atom. The van der Waals surface area contributed by atoms with Crippen LogP contribution >= 0.6 is 15.9 Å². The van der Waals surface area contributed by atoms with Gasteiger partial charge >= 0.3 is 0 Å². The van der Waals surface area contributed by atoms with Gasteiger partial charge in [-0.05, 0) is 71.7 Å². The van der Waals surface area contributed by atoms with Crippen molar-refractivity contribution in [3.63, 3.8) is 0 Å². The molecular formula is C15H21BrN2O. The minimum atomic E-state index is -0.176. The molecule has 1 aromatic rings. The zero-order valence-electron chi connectivity index (χ0n) is 11.5. The lowest BCUT2D eigenvalue weighted by atomic mass is 9.96. The van der Waals surface area contributed by atoms with Crippen LogP contribution in [0.3, 0.4) is 0 Å². The molecule has 104 valence electrons. The average molecular weight is 325 g/mol. The van der Waals surface area contributed by atoms with Crippen molar-refractivity contribution < 1.29 is 5.11 Å². The van der Waals surface area contributed by atoms with Gasteiger partial charge in [-0.25, -0.2) is 0 Å². The van der Waals surface area contributed by atoms with Crippen LogP contribution in [0.2, 0.25) is 0 Å². The van der Waals surface area contributed by atoms with E-state index in [4.69, 9.17) is 0 Å². The Morgan fingerprint density at radius 1 is 1.37 bits per heavy atom. The third kappa shape index (κ3) is 1.69. The van der Waals surface area contributed by atoms with Crippen LogP contribution in [0.25, 0.3) is 0 Å². The van der Waals surface area contributed by atoms with Gasteiger partial charge < -0.3 is 5.11 Å². The highest BCUT2D eigenvalue weighted by Crippen LogP contribution is 2.70. The first-order valence-corrected chi connectivity index (χ1v) is 8.23. The lowest BCUT2D eigenvalue weighted by Crippen LogP contribution is -2.20. The summed E-state index contributed by atoms with van der Waals surface area (Å²) >= 11 is 3.60. The highest BCUT2D eigenvalue weighted by Gasteiger charge is 2.66. The fourth-order valence-electron chi connectivity index (χ4n) is 5.14. The van der Waals surface area contributed by atoms with Crippen molar-refractivity contribution in [2.24, 2.45) is 36.6 Å². The molecule has 1 heterocycles. The Hall–Kier alpha value is -0.350. The van der Waals surface area contributed by atoms with Crippen LogP contribution in [0.1, 0.15) is 30.7 Å². The van der Waals surface area contributed by atoms with Crippen LogP contribution in [0.4, 0.5) is 0 Å². The maximum atomic E-state index is 10.6. The molecule has 2 bridgehead atoms. The number of fused-ring (bicyclic) bond motifs is 5. The predicted octanol–water partition coefficient (Wildman–Crippen LogP) is 2.69.